The summed E-state index contributed by atoms with van der Waals surface area (Å²) in [6.07, 6.45) is 7.92. The molecule has 0 radical (unpaired) electrons. The van der Waals surface area contributed by atoms with Crippen molar-refractivity contribution in [1.82, 2.24) is 25.3 Å². The Kier molecular flexibility index (Phi) is 5.72. The topological polar surface area (TPSA) is 57.5 Å². The van der Waals surface area contributed by atoms with Crippen LogP contribution in [0.3, 0.4) is 0 Å². The van der Waals surface area contributed by atoms with Gasteiger partial charge in [-0.05, 0) is 48.9 Å². The third-order valence-electron chi connectivity index (χ3n) is 5.62. The first-order valence-electron chi connectivity index (χ1n) is 10.0. The maximum absolute atomic E-state index is 4.40. The zero-order valence-electron chi connectivity index (χ0n) is 16.1. The lowest BCUT2D eigenvalue weighted by atomic mass is 10.1. The molecule has 2 aliphatic rings. The number of nitrogens with one attached hydrogen (secondary N) is 2. The van der Waals surface area contributed by atoms with E-state index in [4.69, 9.17) is 0 Å². The van der Waals surface area contributed by atoms with E-state index in [1.165, 1.54) is 43.5 Å². The van der Waals surface area contributed by atoms with E-state index in [2.05, 4.69) is 49.9 Å². The highest BCUT2D eigenvalue weighted by Crippen LogP contribution is 2.31. The van der Waals surface area contributed by atoms with E-state index < -0.39 is 0 Å². The van der Waals surface area contributed by atoms with Gasteiger partial charge in [-0.25, -0.2) is 0 Å². The number of guanidine groups is 1. The number of hydrogen-bond acceptors (Lipinski definition) is 3. The van der Waals surface area contributed by atoms with Gasteiger partial charge in [0.25, 0.3) is 0 Å². The van der Waals surface area contributed by atoms with Crippen molar-refractivity contribution in [3.63, 3.8) is 0 Å². The van der Waals surface area contributed by atoms with Crippen LogP contribution in [0.15, 0.2) is 47.7 Å². The Morgan fingerprint density at radius 1 is 1.15 bits per heavy atom. The Morgan fingerprint density at radius 3 is 2.74 bits per heavy atom. The molecule has 6 heteroatoms. The second kappa shape index (κ2) is 8.57. The van der Waals surface area contributed by atoms with E-state index >= 15 is 0 Å². The highest BCUT2D eigenvalue weighted by atomic mass is 15.3. The van der Waals surface area contributed by atoms with E-state index in [-0.39, 0.29) is 0 Å². The third kappa shape index (κ3) is 4.89. The molecule has 27 heavy (non-hydrogen) atoms. The van der Waals surface area contributed by atoms with Crippen molar-refractivity contribution < 1.29 is 0 Å². The number of hydrogen-bond donors (Lipinski definition) is 2. The van der Waals surface area contributed by atoms with Gasteiger partial charge in [0, 0.05) is 45.1 Å². The summed E-state index contributed by atoms with van der Waals surface area (Å²) in [6.45, 7) is 5.05. The molecular formula is C21H30N6. The SMILES string of the molecule is CN=C(NCc1ccccc1Cn1cccn1)NCC1CCN(C2CC2)C1. The fourth-order valence-corrected chi connectivity index (χ4v) is 3.89. The van der Waals surface area contributed by atoms with Gasteiger partial charge in [-0.3, -0.25) is 9.67 Å². The molecule has 2 heterocycles. The molecule has 2 fully saturated rings. The van der Waals surface area contributed by atoms with E-state index in [0.717, 1.165) is 37.6 Å². The molecule has 1 aliphatic heterocycles. The first-order chi connectivity index (χ1) is 13.3. The summed E-state index contributed by atoms with van der Waals surface area (Å²) in [5.74, 6) is 1.62. The average Bonchev–Trinajstić information content (AvgIpc) is 3.21. The van der Waals surface area contributed by atoms with Crippen LogP contribution in [0.5, 0.6) is 0 Å². The predicted octanol–water partition coefficient (Wildman–Crippen LogP) is 2.08. The summed E-state index contributed by atoms with van der Waals surface area (Å²) in [4.78, 5) is 7.06. The van der Waals surface area contributed by atoms with Crippen molar-refractivity contribution >= 4 is 5.96 Å². The van der Waals surface area contributed by atoms with Gasteiger partial charge in [-0.1, -0.05) is 24.3 Å². The number of aromatic nitrogens is 2. The normalized spacial score (nSPS) is 20.8. The molecule has 1 unspecified atom stereocenters. The summed E-state index contributed by atoms with van der Waals surface area (Å²) in [5, 5.41) is 11.3. The standard InChI is InChI=1S/C21H30N6/c1-22-21(23-13-17-9-12-26(15-17)20-7-8-20)24-14-18-5-2-3-6-19(18)16-27-11-4-10-25-27/h2-6,10-11,17,20H,7-9,12-16H2,1H3,(H2,22,23,24). The number of nitrogens with zero attached hydrogens (tertiary/aromatic N) is 4. The Morgan fingerprint density at radius 2 is 2.00 bits per heavy atom. The summed E-state index contributed by atoms with van der Waals surface area (Å²) in [6, 6.07) is 11.4. The maximum Gasteiger partial charge on any atom is 0.191 e. The van der Waals surface area contributed by atoms with Gasteiger partial charge >= 0.3 is 0 Å². The van der Waals surface area contributed by atoms with Gasteiger partial charge in [0.2, 0.25) is 0 Å². The zero-order valence-corrected chi connectivity index (χ0v) is 16.1. The molecule has 2 N–H and O–H groups in total. The van der Waals surface area contributed by atoms with Crippen molar-refractivity contribution in [3.05, 3.63) is 53.9 Å². The second-order valence-electron chi connectivity index (χ2n) is 7.66. The minimum Gasteiger partial charge on any atom is -0.356 e. The van der Waals surface area contributed by atoms with Gasteiger partial charge in [-0.15, -0.1) is 0 Å². The van der Waals surface area contributed by atoms with Gasteiger partial charge in [-0.2, -0.15) is 5.10 Å². The predicted molar refractivity (Wildman–Crippen MR) is 109 cm³/mol. The molecule has 2 aromatic rings. The average molecular weight is 367 g/mol. The van der Waals surface area contributed by atoms with Crippen LogP contribution >= 0.6 is 0 Å². The first-order valence-corrected chi connectivity index (χ1v) is 10.0. The van der Waals surface area contributed by atoms with Crippen LogP contribution in [-0.4, -0.2) is 53.4 Å². The van der Waals surface area contributed by atoms with Crippen molar-refractivity contribution in [2.45, 2.75) is 38.4 Å². The smallest absolute Gasteiger partial charge is 0.191 e. The molecule has 1 atom stereocenters. The number of likely N-dealkylation sites (tertiary alicyclic amines) is 1. The highest BCUT2D eigenvalue weighted by Gasteiger charge is 2.34. The lowest BCUT2D eigenvalue weighted by Crippen LogP contribution is -2.40. The van der Waals surface area contributed by atoms with Gasteiger partial charge in [0.05, 0.1) is 6.54 Å². The molecule has 1 aromatic carbocycles. The van der Waals surface area contributed by atoms with Crippen LogP contribution in [0.4, 0.5) is 0 Å². The summed E-state index contributed by atoms with van der Waals surface area (Å²) < 4.78 is 1.96. The molecule has 6 nitrogen and oxygen atoms in total. The molecule has 144 valence electrons. The monoisotopic (exact) mass is 366 g/mol. The Labute approximate surface area is 161 Å². The molecule has 1 saturated heterocycles. The molecule has 0 amide bonds. The van der Waals surface area contributed by atoms with Crippen molar-refractivity contribution in [3.8, 4) is 0 Å². The van der Waals surface area contributed by atoms with E-state index in [9.17, 15) is 0 Å². The van der Waals surface area contributed by atoms with E-state index in [1.807, 2.05) is 30.2 Å². The van der Waals surface area contributed by atoms with Crippen LogP contribution in [0.1, 0.15) is 30.4 Å². The molecule has 0 spiro atoms. The molecule has 0 bridgehead atoms. The highest BCUT2D eigenvalue weighted by molar-refractivity contribution is 5.79. The minimum absolute atomic E-state index is 0.733. The van der Waals surface area contributed by atoms with Crippen LogP contribution < -0.4 is 10.6 Å². The fourth-order valence-electron chi connectivity index (χ4n) is 3.89. The second-order valence-corrected chi connectivity index (χ2v) is 7.66. The molecular weight excluding hydrogens is 336 g/mol. The lowest BCUT2D eigenvalue weighted by Gasteiger charge is -2.17. The van der Waals surface area contributed by atoms with Crippen LogP contribution in [0.2, 0.25) is 0 Å². The fraction of sp³-hybridized carbons (Fsp3) is 0.524. The molecule has 1 aliphatic carbocycles. The lowest BCUT2D eigenvalue weighted by molar-refractivity contribution is 0.314. The number of benzene rings is 1. The third-order valence-corrected chi connectivity index (χ3v) is 5.62. The van der Waals surface area contributed by atoms with Gasteiger partial charge in [0.1, 0.15) is 0 Å². The van der Waals surface area contributed by atoms with E-state index in [0.29, 0.717) is 0 Å². The molecule has 1 saturated carbocycles. The van der Waals surface area contributed by atoms with Crippen LogP contribution in [0, 0.1) is 5.92 Å². The van der Waals surface area contributed by atoms with Gasteiger partial charge in [0.15, 0.2) is 5.96 Å². The van der Waals surface area contributed by atoms with Crippen molar-refractivity contribution in [2.75, 3.05) is 26.7 Å². The molecule has 1 aromatic heterocycles. The summed E-state index contributed by atoms with van der Waals surface area (Å²) in [7, 11) is 1.84. The maximum atomic E-state index is 4.40. The Balaban J connectivity index is 1.27. The zero-order chi connectivity index (χ0) is 18.5. The van der Waals surface area contributed by atoms with Crippen molar-refractivity contribution in [2.24, 2.45) is 10.9 Å². The summed E-state index contributed by atoms with van der Waals surface area (Å²) >= 11 is 0. The first kappa shape index (κ1) is 18.0. The van der Waals surface area contributed by atoms with Crippen LogP contribution in [-0.2, 0) is 13.1 Å². The number of rotatable bonds is 7. The Bertz CT molecular complexity index is 750. The quantitative estimate of drug-likeness (QED) is 0.582. The minimum atomic E-state index is 0.733. The Hall–Kier alpha value is -2.34. The number of aliphatic imine (C=N–C) groups is 1. The molecule has 4 rings (SSSR count). The largest absolute Gasteiger partial charge is 0.356 e. The summed E-state index contributed by atoms with van der Waals surface area (Å²) in [5.41, 5.74) is 2.55. The van der Waals surface area contributed by atoms with E-state index in [1.54, 1.807) is 0 Å². The van der Waals surface area contributed by atoms with Crippen LogP contribution in [0.25, 0.3) is 0 Å². The van der Waals surface area contributed by atoms with Crippen molar-refractivity contribution in [1.29, 1.82) is 0 Å². The van der Waals surface area contributed by atoms with Gasteiger partial charge < -0.3 is 15.5 Å².